The molecule has 6 aromatic rings. The van der Waals surface area contributed by atoms with Gasteiger partial charge in [-0.25, -0.2) is 15.0 Å². The molecular weight excluding hydrogens is 366 g/mol. The summed E-state index contributed by atoms with van der Waals surface area (Å²) in [5.74, 6) is 0.608. The Morgan fingerprint density at radius 3 is 2.62 bits per heavy atom. The first-order valence-corrected chi connectivity index (χ1v) is 8.96. The van der Waals surface area contributed by atoms with Crippen molar-refractivity contribution in [2.24, 2.45) is 0 Å². The zero-order valence-electron chi connectivity index (χ0n) is 15.0. The average Bonchev–Trinajstić information content (AvgIpc) is 3.52. The van der Waals surface area contributed by atoms with Gasteiger partial charge >= 0.3 is 0 Å². The van der Waals surface area contributed by atoms with Crippen molar-refractivity contribution in [2.75, 3.05) is 0 Å². The second kappa shape index (κ2) is 6.06. The number of hydrogen-bond acceptors (Lipinski definition) is 6. The Hall–Kier alpha value is -4.40. The smallest absolute Gasteiger partial charge is 0.162 e. The van der Waals surface area contributed by atoms with Gasteiger partial charge in [-0.1, -0.05) is 0 Å². The predicted octanol–water partition coefficient (Wildman–Crippen LogP) is 3.35. The molecule has 0 saturated carbocycles. The first-order valence-electron chi connectivity index (χ1n) is 8.96. The highest BCUT2D eigenvalue weighted by atomic mass is 15.2. The van der Waals surface area contributed by atoms with E-state index in [1.807, 2.05) is 30.3 Å². The topological polar surface area (TPSA) is 125 Å². The summed E-state index contributed by atoms with van der Waals surface area (Å²) in [6, 6.07) is 9.72. The van der Waals surface area contributed by atoms with E-state index in [1.165, 1.54) is 0 Å². The van der Waals surface area contributed by atoms with Crippen LogP contribution < -0.4 is 0 Å². The number of aromatic amines is 3. The number of pyridine rings is 3. The maximum Gasteiger partial charge on any atom is 0.162 e. The molecule has 0 aliphatic heterocycles. The van der Waals surface area contributed by atoms with Crippen molar-refractivity contribution < 1.29 is 0 Å². The second-order valence-electron chi connectivity index (χ2n) is 6.53. The minimum Gasteiger partial charge on any atom is -0.321 e. The Kier molecular flexibility index (Phi) is 3.27. The van der Waals surface area contributed by atoms with Crippen LogP contribution in [0.5, 0.6) is 0 Å². The number of hydrogen-bond donors (Lipinski definition) is 3. The zero-order valence-corrected chi connectivity index (χ0v) is 15.0. The molecular formula is C20H13N9. The first kappa shape index (κ1) is 15.6. The maximum absolute atomic E-state index is 4.79. The number of rotatable bonds is 3. The third-order valence-electron chi connectivity index (χ3n) is 4.80. The Labute approximate surface area is 163 Å². The Morgan fingerprint density at radius 1 is 0.828 bits per heavy atom. The summed E-state index contributed by atoms with van der Waals surface area (Å²) in [5.41, 5.74) is 7.38. The molecule has 6 rings (SSSR count). The van der Waals surface area contributed by atoms with Crippen LogP contribution in [0.4, 0.5) is 0 Å². The lowest BCUT2D eigenvalue weighted by Gasteiger charge is -2.00. The summed E-state index contributed by atoms with van der Waals surface area (Å²) in [6.07, 6.45) is 8.83. The van der Waals surface area contributed by atoms with Crippen LogP contribution in [0, 0.1) is 0 Å². The van der Waals surface area contributed by atoms with Gasteiger partial charge in [0.15, 0.2) is 17.2 Å². The van der Waals surface area contributed by atoms with Crippen LogP contribution in [0.15, 0.2) is 61.3 Å². The number of nitrogens with zero attached hydrogens (tertiary/aromatic N) is 6. The lowest BCUT2D eigenvalue weighted by molar-refractivity contribution is 1.09. The van der Waals surface area contributed by atoms with Crippen molar-refractivity contribution in [3.63, 3.8) is 0 Å². The molecule has 6 aromatic heterocycles. The molecule has 0 saturated heterocycles. The zero-order chi connectivity index (χ0) is 19.2. The normalized spacial score (nSPS) is 11.4. The quantitative estimate of drug-likeness (QED) is 0.433. The van der Waals surface area contributed by atoms with Gasteiger partial charge in [0.25, 0.3) is 0 Å². The molecule has 0 bridgehead atoms. The summed E-state index contributed by atoms with van der Waals surface area (Å²) >= 11 is 0. The molecule has 0 spiro atoms. The summed E-state index contributed by atoms with van der Waals surface area (Å²) in [7, 11) is 0. The van der Waals surface area contributed by atoms with Gasteiger partial charge in [-0.15, -0.1) is 0 Å². The van der Waals surface area contributed by atoms with Crippen LogP contribution in [0.2, 0.25) is 0 Å². The predicted molar refractivity (Wildman–Crippen MR) is 108 cm³/mol. The molecule has 0 unspecified atom stereocenters. The van der Waals surface area contributed by atoms with Gasteiger partial charge in [-0.3, -0.25) is 15.2 Å². The van der Waals surface area contributed by atoms with Crippen LogP contribution in [-0.4, -0.2) is 45.3 Å². The van der Waals surface area contributed by atoms with E-state index < -0.39 is 0 Å². The standard InChI is InChI=1S/C20H13N9/c1-2-15-17(25-14(1)12-9-23-24-10-12)18(29-28-15)20-26-16-13(5-8-22-19(16)27-20)11-3-6-21-7-4-11/h1-10H,(H,23,24)(H,28,29)(H,22,26,27). The molecule has 9 nitrogen and oxygen atoms in total. The van der Waals surface area contributed by atoms with Gasteiger partial charge < -0.3 is 4.98 Å². The van der Waals surface area contributed by atoms with Crippen molar-refractivity contribution >= 4 is 22.2 Å². The number of aromatic nitrogens is 9. The molecule has 3 N–H and O–H groups in total. The molecule has 6 heterocycles. The van der Waals surface area contributed by atoms with Gasteiger partial charge in [-0.05, 0) is 35.9 Å². The molecule has 0 atom stereocenters. The summed E-state index contributed by atoms with van der Waals surface area (Å²) < 4.78 is 0. The summed E-state index contributed by atoms with van der Waals surface area (Å²) in [4.78, 5) is 21.4. The van der Waals surface area contributed by atoms with Gasteiger partial charge in [0.1, 0.15) is 11.0 Å². The van der Waals surface area contributed by atoms with Crippen molar-refractivity contribution in [2.45, 2.75) is 0 Å². The van der Waals surface area contributed by atoms with E-state index in [4.69, 9.17) is 9.97 Å². The third kappa shape index (κ3) is 2.48. The molecule has 138 valence electrons. The highest BCUT2D eigenvalue weighted by molar-refractivity contribution is 5.94. The summed E-state index contributed by atoms with van der Waals surface area (Å²) in [6.45, 7) is 0. The number of H-pyrrole nitrogens is 3. The van der Waals surface area contributed by atoms with E-state index in [0.29, 0.717) is 17.2 Å². The molecule has 0 radical (unpaired) electrons. The Bertz CT molecular complexity index is 1450. The first-order chi connectivity index (χ1) is 14.4. The van der Waals surface area contributed by atoms with Crippen LogP contribution >= 0.6 is 0 Å². The van der Waals surface area contributed by atoms with Crippen LogP contribution in [0.3, 0.4) is 0 Å². The third-order valence-corrected chi connectivity index (χ3v) is 4.80. The molecule has 29 heavy (non-hydrogen) atoms. The highest BCUT2D eigenvalue weighted by Gasteiger charge is 2.17. The van der Waals surface area contributed by atoms with Crippen molar-refractivity contribution in [3.8, 4) is 33.9 Å². The van der Waals surface area contributed by atoms with E-state index in [-0.39, 0.29) is 0 Å². The number of imidazole rings is 1. The van der Waals surface area contributed by atoms with E-state index in [9.17, 15) is 0 Å². The van der Waals surface area contributed by atoms with Gasteiger partial charge in [0, 0.05) is 35.9 Å². The van der Waals surface area contributed by atoms with Crippen LogP contribution in [-0.2, 0) is 0 Å². The van der Waals surface area contributed by atoms with Crippen molar-refractivity contribution in [1.82, 2.24) is 45.3 Å². The molecule has 0 aliphatic carbocycles. The fraction of sp³-hybridized carbons (Fsp3) is 0. The molecule has 0 aliphatic rings. The average molecular weight is 379 g/mol. The highest BCUT2D eigenvalue weighted by Crippen LogP contribution is 2.30. The van der Waals surface area contributed by atoms with Gasteiger partial charge in [-0.2, -0.15) is 10.2 Å². The molecule has 0 amide bonds. The minimum atomic E-state index is 0.608. The number of fused-ring (bicyclic) bond motifs is 2. The van der Waals surface area contributed by atoms with Crippen molar-refractivity contribution in [3.05, 3.63) is 61.3 Å². The summed E-state index contributed by atoms with van der Waals surface area (Å²) in [5, 5.41) is 14.3. The van der Waals surface area contributed by atoms with E-state index >= 15 is 0 Å². The Morgan fingerprint density at radius 2 is 1.76 bits per heavy atom. The van der Waals surface area contributed by atoms with Crippen molar-refractivity contribution in [1.29, 1.82) is 0 Å². The Balaban J connectivity index is 1.54. The lowest BCUT2D eigenvalue weighted by Crippen LogP contribution is -1.86. The van der Waals surface area contributed by atoms with E-state index in [0.717, 1.165) is 38.9 Å². The van der Waals surface area contributed by atoms with Gasteiger partial charge in [0.2, 0.25) is 0 Å². The lowest BCUT2D eigenvalue weighted by atomic mass is 10.1. The molecule has 0 fully saturated rings. The largest absolute Gasteiger partial charge is 0.321 e. The van der Waals surface area contributed by atoms with Crippen LogP contribution in [0.1, 0.15) is 0 Å². The fourth-order valence-corrected chi connectivity index (χ4v) is 3.40. The van der Waals surface area contributed by atoms with E-state index in [2.05, 4.69) is 35.3 Å². The van der Waals surface area contributed by atoms with E-state index in [1.54, 1.807) is 31.0 Å². The maximum atomic E-state index is 4.79. The SMILES string of the molecule is c1cc(-c2ccnc3[nH]c(-c4n[nH]c5ccc(-c6cn[nH]c6)nc45)nc23)ccn1. The number of nitrogens with one attached hydrogen (secondary N) is 3. The van der Waals surface area contributed by atoms with Crippen LogP contribution in [0.25, 0.3) is 56.1 Å². The molecule has 0 aromatic carbocycles. The monoisotopic (exact) mass is 379 g/mol. The van der Waals surface area contributed by atoms with Gasteiger partial charge in [0.05, 0.1) is 17.4 Å². The fourth-order valence-electron chi connectivity index (χ4n) is 3.40. The molecule has 9 heteroatoms. The minimum absolute atomic E-state index is 0.608. The second-order valence-corrected chi connectivity index (χ2v) is 6.53.